The van der Waals surface area contributed by atoms with Crippen molar-refractivity contribution in [2.24, 2.45) is 0 Å². The summed E-state index contributed by atoms with van der Waals surface area (Å²) in [4.78, 5) is 33.6. The SMILES string of the molecule is CC(=O)Cn1nc(C(C)=O)c2ccc(C(=O)O)cc21. The minimum atomic E-state index is -1.07. The van der Waals surface area contributed by atoms with Crippen molar-refractivity contribution in [3.63, 3.8) is 0 Å². The third-order valence-corrected chi connectivity index (χ3v) is 2.70. The Hall–Kier alpha value is -2.50. The fraction of sp³-hybridized carbons (Fsp3) is 0.231. The smallest absolute Gasteiger partial charge is 0.335 e. The van der Waals surface area contributed by atoms with Gasteiger partial charge in [-0.05, 0) is 25.1 Å². The van der Waals surface area contributed by atoms with Gasteiger partial charge < -0.3 is 5.11 Å². The molecule has 0 bridgehead atoms. The number of fused-ring (bicyclic) bond motifs is 1. The molecule has 6 nitrogen and oxygen atoms in total. The second-order valence-electron chi connectivity index (χ2n) is 4.30. The van der Waals surface area contributed by atoms with Gasteiger partial charge in [-0.2, -0.15) is 5.10 Å². The lowest BCUT2D eigenvalue weighted by Crippen LogP contribution is -2.08. The zero-order valence-corrected chi connectivity index (χ0v) is 10.5. The summed E-state index contributed by atoms with van der Waals surface area (Å²) in [5.41, 5.74) is 0.806. The predicted octanol–water partition coefficient (Wildman–Crippen LogP) is 1.53. The molecule has 6 heteroatoms. The van der Waals surface area contributed by atoms with Crippen molar-refractivity contribution >= 4 is 28.4 Å². The van der Waals surface area contributed by atoms with Crippen molar-refractivity contribution in [3.8, 4) is 0 Å². The van der Waals surface area contributed by atoms with E-state index >= 15 is 0 Å². The number of carboxylic acids is 1. The Labute approximate surface area is 108 Å². The van der Waals surface area contributed by atoms with Crippen molar-refractivity contribution in [1.29, 1.82) is 0 Å². The van der Waals surface area contributed by atoms with Gasteiger partial charge in [0.2, 0.25) is 0 Å². The van der Waals surface area contributed by atoms with Crippen molar-refractivity contribution in [1.82, 2.24) is 9.78 Å². The summed E-state index contributed by atoms with van der Waals surface area (Å²) in [6, 6.07) is 4.37. The third-order valence-electron chi connectivity index (χ3n) is 2.70. The van der Waals surface area contributed by atoms with Crippen molar-refractivity contribution in [3.05, 3.63) is 29.5 Å². The Bertz CT molecular complexity index is 700. The van der Waals surface area contributed by atoms with E-state index in [0.717, 1.165) is 0 Å². The zero-order valence-electron chi connectivity index (χ0n) is 10.5. The molecule has 1 heterocycles. The highest BCUT2D eigenvalue weighted by Crippen LogP contribution is 2.21. The highest BCUT2D eigenvalue weighted by molar-refractivity contribution is 6.06. The number of nitrogens with zero attached hydrogens (tertiary/aromatic N) is 2. The number of Topliss-reactive ketones (excluding diaryl/α,β-unsaturated/α-hetero) is 2. The van der Waals surface area contributed by atoms with Gasteiger partial charge in [-0.3, -0.25) is 14.3 Å². The van der Waals surface area contributed by atoms with Gasteiger partial charge in [-0.15, -0.1) is 0 Å². The maximum atomic E-state index is 11.5. The first-order chi connectivity index (χ1) is 8.90. The lowest BCUT2D eigenvalue weighted by atomic mass is 10.1. The predicted molar refractivity (Wildman–Crippen MR) is 67.4 cm³/mol. The van der Waals surface area contributed by atoms with Crippen LogP contribution in [0.5, 0.6) is 0 Å². The molecule has 1 aromatic heterocycles. The van der Waals surface area contributed by atoms with Crippen molar-refractivity contribution < 1.29 is 19.5 Å². The monoisotopic (exact) mass is 260 g/mol. The summed E-state index contributed by atoms with van der Waals surface area (Å²) in [6.45, 7) is 2.79. The lowest BCUT2D eigenvalue weighted by molar-refractivity contribution is -0.117. The number of carbonyl (C=O) groups excluding carboxylic acids is 2. The zero-order chi connectivity index (χ0) is 14.2. The topological polar surface area (TPSA) is 89.3 Å². The average Bonchev–Trinajstić information content (AvgIpc) is 2.67. The van der Waals surface area contributed by atoms with E-state index < -0.39 is 5.97 Å². The maximum Gasteiger partial charge on any atom is 0.335 e. The molecule has 1 N–H and O–H groups in total. The molecule has 0 unspecified atom stereocenters. The number of aromatic nitrogens is 2. The summed E-state index contributed by atoms with van der Waals surface area (Å²) in [5, 5.41) is 13.6. The summed E-state index contributed by atoms with van der Waals surface area (Å²) in [7, 11) is 0. The molecule has 19 heavy (non-hydrogen) atoms. The molecule has 0 atom stereocenters. The van der Waals surface area contributed by atoms with Crippen LogP contribution in [0.25, 0.3) is 10.9 Å². The van der Waals surface area contributed by atoms with Crippen LogP contribution >= 0.6 is 0 Å². The first kappa shape index (κ1) is 12.9. The maximum absolute atomic E-state index is 11.5. The number of carboxylic acid groups (broad SMARTS) is 1. The molecule has 0 aliphatic carbocycles. The molecule has 98 valence electrons. The fourth-order valence-electron chi connectivity index (χ4n) is 1.90. The van der Waals surface area contributed by atoms with E-state index in [-0.39, 0.29) is 29.4 Å². The van der Waals surface area contributed by atoms with Crippen molar-refractivity contribution in [2.45, 2.75) is 20.4 Å². The molecule has 0 fully saturated rings. The molecule has 0 aliphatic rings. The number of aromatic carboxylic acids is 1. The third kappa shape index (κ3) is 2.37. The van der Waals surface area contributed by atoms with Crippen LogP contribution in [0, 0.1) is 0 Å². The minimum absolute atomic E-state index is 0.00680. The van der Waals surface area contributed by atoms with Crippen LogP contribution in [-0.4, -0.2) is 32.4 Å². The van der Waals surface area contributed by atoms with E-state index in [1.165, 1.54) is 30.7 Å². The number of benzene rings is 1. The van der Waals surface area contributed by atoms with E-state index in [1.54, 1.807) is 6.07 Å². The van der Waals surface area contributed by atoms with E-state index in [9.17, 15) is 14.4 Å². The second kappa shape index (κ2) is 4.64. The first-order valence-electron chi connectivity index (χ1n) is 5.64. The number of hydrogen-bond donors (Lipinski definition) is 1. The van der Waals surface area contributed by atoms with E-state index in [1.807, 2.05) is 0 Å². The van der Waals surface area contributed by atoms with Gasteiger partial charge in [0.05, 0.1) is 17.6 Å². The van der Waals surface area contributed by atoms with Crippen LogP contribution in [0.4, 0.5) is 0 Å². The van der Waals surface area contributed by atoms with Crippen molar-refractivity contribution in [2.75, 3.05) is 0 Å². The molecule has 0 saturated heterocycles. The molecule has 0 radical (unpaired) electrons. The van der Waals surface area contributed by atoms with Crippen LogP contribution in [0.3, 0.4) is 0 Å². The highest BCUT2D eigenvalue weighted by atomic mass is 16.4. The summed E-state index contributed by atoms with van der Waals surface area (Å²) >= 11 is 0. The summed E-state index contributed by atoms with van der Waals surface area (Å²) in [5.74, 6) is -1.42. The molecular formula is C13H12N2O4. The van der Waals surface area contributed by atoms with Crippen LogP contribution < -0.4 is 0 Å². The van der Waals surface area contributed by atoms with Crippen LogP contribution in [-0.2, 0) is 11.3 Å². The second-order valence-corrected chi connectivity index (χ2v) is 4.30. The molecule has 2 aromatic rings. The number of rotatable bonds is 4. The van der Waals surface area contributed by atoms with Crippen LogP contribution in [0.2, 0.25) is 0 Å². The Morgan fingerprint density at radius 1 is 1.26 bits per heavy atom. The van der Waals surface area contributed by atoms with Gasteiger partial charge in [0, 0.05) is 12.3 Å². The normalized spacial score (nSPS) is 10.6. The molecule has 0 spiro atoms. The van der Waals surface area contributed by atoms with Gasteiger partial charge in [-0.25, -0.2) is 4.79 Å². The molecule has 0 saturated carbocycles. The van der Waals surface area contributed by atoms with Gasteiger partial charge in [-0.1, -0.05) is 0 Å². The molecule has 2 rings (SSSR count). The highest BCUT2D eigenvalue weighted by Gasteiger charge is 2.16. The summed E-state index contributed by atoms with van der Waals surface area (Å²) < 4.78 is 1.36. The van der Waals surface area contributed by atoms with Gasteiger partial charge >= 0.3 is 5.97 Å². The van der Waals surface area contributed by atoms with Crippen LogP contribution in [0.1, 0.15) is 34.7 Å². The number of hydrogen-bond acceptors (Lipinski definition) is 4. The number of carbonyl (C=O) groups is 3. The summed E-state index contributed by atoms with van der Waals surface area (Å²) in [6.07, 6.45) is 0. The van der Waals surface area contributed by atoms with Gasteiger partial charge in [0.1, 0.15) is 5.69 Å². The Morgan fingerprint density at radius 2 is 1.95 bits per heavy atom. The molecule has 0 aliphatic heterocycles. The Kier molecular flexibility index (Phi) is 3.16. The van der Waals surface area contributed by atoms with Gasteiger partial charge in [0.25, 0.3) is 0 Å². The quantitative estimate of drug-likeness (QED) is 0.842. The largest absolute Gasteiger partial charge is 0.478 e. The molecule has 1 aromatic carbocycles. The lowest BCUT2D eigenvalue weighted by Gasteiger charge is -2.00. The Balaban J connectivity index is 2.72. The molecule has 0 amide bonds. The minimum Gasteiger partial charge on any atom is -0.478 e. The van der Waals surface area contributed by atoms with E-state index in [2.05, 4.69) is 5.10 Å². The number of ketones is 2. The fourth-order valence-corrected chi connectivity index (χ4v) is 1.90. The Morgan fingerprint density at radius 3 is 2.47 bits per heavy atom. The van der Waals surface area contributed by atoms with E-state index in [0.29, 0.717) is 10.9 Å². The van der Waals surface area contributed by atoms with Crippen LogP contribution in [0.15, 0.2) is 18.2 Å². The standard InChI is InChI=1S/C13H12N2O4/c1-7(16)6-15-11-5-9(13(18)19)3-4-10(11)12(14-15)8(2)17/h3-5H,6H2,1-2H3,(H,18,19). The van der Waals surface area contributed by atoms with Gasteiger partial charge in [0.15, 0.2) is 11.6 Å². The average molecular weight is 260 g/mol. The first-order valence-corrected chi connectivity index (χ1v) is 5.64. The van der Waals surface area contributed by atoms with E-state index in [4.69, 9.17) is 5.11 Å². The molecular weight excluding hydrogens is 248 g/mol.